The van der Waals surface area contributed by atoms with Crippen LogP contribution in [0.1, 0.15) is 32.1 Å². The number of halogens is 1. The van der Waals surface area contributed by atoms with Gasteiger partial charge in [-0.25, -0.2) is 9.59 Å². The molecule has 2 heterocycles. The van der Waals surface area contributed by atoms with Crippen LogP contribution >= 0.6 is 11.7 Å². The van der Waals surface area contributed by atoms with Gasteiger partial charge in [-0.2, -0.15) is 0 Å². The highest BCUT2D eigenvalue weighted by atomic mass is 32.1. The molecule has 1 aliphatic heterocycles. The smallest absolute Gasteiger partial charge is 0.328 e. The molecular weight excluding hydrogens is 381 g/mol. The second kappa shape index (κ2) is 10.2. The third kappa shape index (κ3) is 6.75. The van der Waals surface area contributed by atoms with E-state index in [1.54, 1.807) is 0 Å². The molecule has 1 aliphatic carbocycles. The van der Waals surface area contributed by atoms with Crippen LogP contribution in [0.4, 0.5) is 4.39 Å². The number of aromatic nitrogens is 2. The molecule has 9 nitrogen and oxygen atoms in total. The van der Waals surface area contributed by atoms with E-state index in [1.165, 1.54) is 6.42 Å². The van der Waals surface area contributed by atoms with Gasteiger partial charge in [-0.1, -0.05) is 0 Å². The van der Waals surface area contributed by atoms with Gasteiger partial charge in [0.1, 0.15) is 0 Å². The number of carboxylic acid groups (broad SMARTS) is 2. The summed E-state index contributed by atoms with van der Waals surface area (Å²) in [7, 11) is 0. The van der Waals surface area contributed by atoms with Crippen LogP contribution in [0.15, 0.2) is 12.2 Å². The highest BCUT2D eigenvalue weighted by Gasteiger charge is 2.47. The first kappa shape index (κ1) is 21.0. The minimum atomic E-state index is -1.26. The van der Waals surface area contributed by atoms with Crippen LogP contribution in [0.2, 0.25) is 0 Å². The van der Waals surface area contributed by atoms with Crippen LogP contribution in [0.25, 0.3) is 0 Å². The van der Waals surface area contributed by atoms with E-state index in [0.29, 0.717) is 43.4 Å². The number of nitrogens with one attached hydrogen (secondary N) is 1. The number of carbonyl (C=O) groups is 2. The number of fused-ring (bicyclic) bond motifs is 2. The van der Waals surface area contributed by atoms with E-state index in [-0.39, 0.29) is 12.4 Å². The third-order valence-corrected chi connectivity index (χ3v) is 4.64. The van der Waals surface area contributed by atoms with Crippen LogP contribution in [-0.2, 0) is 9.59 Å². The molecule has 11 heteroatoms. The number of unbranched alkanes of at least 4 members (excludes halogenated alkanes) is 1. The zero-order valence-corrected chi connectivity index (χ0v) is 15.4. The Morgan fingerprint density at radius 3 is 2.48 bits per heavy atom. The average molecular weight is 403 g/mol. The standard InChI is InChI=1S/C12H18FN3O2S.C4H4O4/c13-5-1-2-6-17-10-11(16-19-15-10)18-12-4-3-9(7-12)8-14-12;5-3(6)1-2-4(7)8/h9,14H,1-8H2;1-2H,(H,5,6)(H,7,8)/b;2-1-. The van der Waals surface area contributed by atoms with Gasteiger partial charge in [0.25, 0.3) is 11.8 Å². The van der Waals surface area contributed by atoms with E-state index in [0.717, 1.165) is 37.0 Å². The first-order valence-electron chi connectivity index (χ1n) is 8.53. The number of nitrogens with zero attached hydrogens (tertiary/aromatic N) is 2. The molecule has 0 aromatic carbocycles. The van der Waals surface area contributed by atoms with Crippen molar-refractivity contribution in [2.24, 2.45) is 5.92 Å². The van der Waals surface area contributed by atoms with Crippen molar-refractivity contribution in [3.63, 3.8) is 0 Å². The second-order valence-corrected chi connectivity index (χ2v) is 6.74. The Kier molecular flexibility index (Phi) is 7.92. The lowest BCUT2D eigenvalue weighted by molar-refractivity contribution is -0.134. The van der Waals surface area contributed by atoms with E-state index in [1.807, 2.05) is 0 Å². The molecule has 27 heavy (non-hydrogen) atoms. The monoisotopic (exact) mass is 403 g/mol. The Labute approximate surface area is 159 Å². The van der Waals surface area contributed by atoms with E-state index in [2.05, 4.69) is 14.1 Å². The summed E-state index contributed by atoms with van der Waals surface area (Å²) in [5.74, 6) is -0.879. The van der Waals surface area contributed by atoms with E-state index < -0.39 is 11.9 Å². The Bertz CT molecular complexity index is 644. The number of hydrogen-bond donors (Lipinski definition) is 3. The summed E-state index contributed by atoms with van der Waals surface area (Å²) >= 11 is 1.08. The predicted molar refractivity (Wildman–Crippen MR) is 93.7 cm³/mol. The Morgan fingerprint density at radius 1 is 1.26 bits per heavy atom. The third-order valence-electron chi connectivity index (χ3n) is 4.15. The van der Waals surface area contributed by atoms with Gasteiger partial charge in [0.05, 0.1) is 25.0 Å². The molecule has 1 aromatic heterocycles. The van der Waals surface area contributed by atoms with Crippen molar-refractivity contribution in [2.75, 3.05) is 19.8 Å². The van der Waals surface area contributed by atoms with E-state index in [4.69, 9.17) is 19.7 Å². The summed E-state index contributed by atoms with van der Waals surface area (Å²) in [6.07, 6.45) is 5.56. The van der Waals surface area contributed by atoms with E-state index in [9.17, 15) is 14.0 Å². The molecule has 3 N–H and O–H groups in total. The zero-order valence-electron chi connectivity index (χ0n) is 14.6. The van der Waals surface area contributed by atoms with Crippen molar-refractivity contribution in [2.45, 2.75) is 37.8 Å². The Morgan fingerprint density at radius 2 is 1.96 bits per heavy atom. The highest BCUT2D eigenvalue weighted by molar-refractivity contribution is 6.99. The molecule has 1 aromatic rings. The molecule has 3 rings (SSSR count). The van der Waals surface area contributed by atoms with Crippen molar-refractivity contribution < 1.29 is 33.7 Å². The lowest BCUT2D eigenvalue weighted by Crippen LogP contribution is -2.45. The van der Waals surface area contributed by atoms with Crippen LogP contribution < -0.4 is 14.8 Å². The summed E-state index contributed by atoms with van der Waals surface area (Å²) < 4.78 is 31.8. The van der Waals surface area contributed by atoms with Crippen LogP contribution in [0.5, 0.6) is 11.8 Å². The highest BCUT2D eigenvalue weighted by Crippen LogP contribution is 2.42. The summed E-state index contributed by atoms with van der Waals surface area (Å²) in [4.78, 5) is 19.1. The first-order valence-corrected chi connectivity index (χ1v) is 9.26. The largest absolute Gasteiger partial charge is 0.478 e. The number of alkyl halides is 1. The SMILES string of the molecule is FCCCCOc1nsnc1OC12CCC(CN1)C2.O=C(O)/C=C\C(=O)O. The maximum Gasteiger partial charge on any atom is 0.328 e. The molecule has 2 bridgehead atoms. The maximum absolute atomic E-state index is 12.0. The Balaban J connectivity index is 0.000000279. The fraction of sp³-hybridized carbons (Fsp3) is 0.625. The molecule has 0 spiro atoms. The molecule has 2 aliphatic rings. The lowest BCUT2D eigenvalue weighted by Gasteiger charge is -2.27. The van der Waals surface area contributed by atoms with Crippen molar-refractivity contribution in [3.8, 4) is 11.8 Å². The van der Waals surface area contributed by atoms with Gasteiger partial charge >= 0.3 is 11.9 Å². The molecule has 150 valence electrons. The number of ether oxygens (including phenoxy) is 2. The van der Waals surface area contributed by atoms with Crippen LogP contribution in [0.3, 0.4) is 0 Å². The minimum Gasteiger partial charge on any atom is -0.478 e. The normalized spacial score (nSPS) is 23.1. The van der Waals surface area contributed by atoms with Gasteiger partial charge in [0, 0.05) is 31.5 Å². The quantitative estimate of drug-likeness (QED) is 0.417. The molecule has 2 unspecified atom stereocenters. The number of rotatable bonds is 9. The summed E-state index contributed by atoms with van der Waals surface area (Å²) in [5, 5.41) is 19.0. The van der Waals surface area contributed by atoms with Crippen LogP contribution in [0, 0.1) is 5.92 Å². The van der Waals surface area contributed by atoms with Crippen LogP contribution in [-0.4, -0.2) is 56.4 Å². The van der Waals surface area contributed by atoms with Gasteiger partial charge in [0.15, 0.2) is 5.72 Å². The van der Waals surface area contributed by atoms with Crippen molar-refractivity contribution in [3.05, 3.63) is 12.2 Å². The zero-order chi connectivity index (χ0) is 19.7. The number of piperidine rings is 1. The topological polar surface area (TPSA) is 131 Å². The molecule has 0 amide bonds. The van der Waals surface area contributed by atoms with Gasteiger partial charge in [0.2, 0.25) is 0 Å². The summed E-state index contributed by atoms with van der Waals surface area (Å²) in [6, 6.07) is 0. The van der Waals surface area contributed by atoms with E-state index >= 15 is 0 Å². The number of hydrogen-bond acceptors (Lipinski definition) is 8. The first-order chi connectivity index (χ1) is 12.9. The molecule has 1 saturated heterocycles. The van der Waals surface area contributed by atoms with Crippen molar-refractivity contribution in [1.82, 2.24) is 14.1 Å². The average Bonchev–Trinajstić information content (AvgIpc) is 3.34. The van der Waals surface area contributed by atoms with Gasteiger partial charge in [-0.15, -0.1) is 8.75 Å². The van der Waals surface area contributed by atoms with Crippen molar-refractivity contribution in [1.29, 1.82) is 0 Å². The molecule has 0 radical (unpaired) electrons. The second-order valence-electron chi connectivity index (χ2n) is 6.21. The molecular formula is C16H22FN3O6S. The van der Waals surface area contributed by atoms with Crippen molar-refractivity contribution >= 4 is 23.7 Å². The van der Waals surface area contributed by atoms with Gasteiger partial charge in [-0.05, 0) is 25.2 Å². The lowest BCUT2D eigenvalue weighted by atomic mass is 10.1. The fourth-order valence-electron chi connectivity index (χ4n) is 2.92. The summed E-state index contributed by atoms with van der Waals surface area (Å²) in [5.41, 5.74) is -0.266. The summed E-state index contributed by atoms with van der Waals surface area (Å²) in [6.45, 7) is 1.16. The molecule has 1 saturated carbocycles. The maximum atomic E-state index is 12.0. The van der Waals surface area contributed by atoms with Gasteiger partial charge in [-0.3, -0.25) is 9.71 Å². The minimum absolute atomic E-state index is 0.266. The predicted octanol–water partition coefficient (Wildman–Crippen LogP) is 1.86. The van der Waals surface area contributed by atoms with Gasteiger partial charge < -0.3 is 19.7 Å². The Hall–Kier alpha value is -2.27. The fourth-order valence-corrected chi connectivity index (χ4v) is 3.35. The molecule has 2 fully saturated rings. The number of carboxylic acids is 2. The molecule has 2 atom stereocenters. The number of aliphatic carboxylic acids is 2.